The predicted molar refractivity (Wildman–Crippen MR) is 106 cm³/mol. The van der Waals surface area contributed by atoms with Gasteiger partial charge in [-0.2, -0.15) is 4.68 Å². The molecule has 2 aromatic heterocycles. The lowest BCUT2D eigenvalue weighted by Crippen LogP contribution is -2.28. The molecule has 1 N–H and O–H groups in total. The van der Waals surface area contributed by atoms with E-state index in [1.807, 2.05) is 19.1 Å². The van der Waals surface area contributed by atoms with Gasteiger partial charge < -0.3 is 5.32 Å². The van der Waals surface area contributed by atoms with E-state index < -0.39 is 5.56 Å². The minimum Gasteiger partial charge on any atom is -0.325 e. The Hall–Kier alpha value is -3.52. The lowest BCUT2D eigenvalue weighted by molar-refractivity contribution is -0.116. The van der Waals surface area contributed by atoms with E-state index in [1.165, 1.54) is 15.6 Å². The Balaban J connectivity index is 1.60. The largest absolute Gasteiger partial charge is 0.325 e. The summed E-state index contributed by atoms with van der Waals surface area (Å²) in [6.07, 6.45) is 1.31. The van der Waals surface area contributed by atoms with E-state index in [4.69, 9.17) is 11.6 Å². The van der Waals surface area contributed by atoms with Crippen LogP contribution < -0.4 is 10.9 Å². The first-order valence-corrected chi connectivity index (χ1v) is 8.82. The van der Waals surface area contributed by atoms with Crippen LogP contribution in [0.1, 0.15) is 5.56 Å². The van der Waals surface area contributed by atoms with E-state index in [-0.39, 0.29) is 18.0 Å². The molecule has 0 bridgehead atoms. The summed E-state index contributed by atoms with van der Waals surface area (Å²) in [5.41, 5.74) is 2.38. The molecule has 140 valence electrons. The summed E-state index contributed by atoms with van der Waals surface area (Å²) >= 11 is 5.90. The molecule has 1 amide bonds. The Kier molecular flexibility index (Phi) is 4.62. The standard InChI is InChI=1S/C19H15ClN6O2/c1-12-2-6-14(7-3-12)22-16(27)10-25-11-21-18-17(19(25)28)23-24-26(18)15-8-4-13(20)5-9-15/h2-9,11H,10H2,1H3,(H,22,27). The lowest BCUT2D eigenvalue weighted by atomic mass is 10.2. The molecule has 2 heterocycles. The molecule has 0 unspecified atom stereocenters. The maximum atomic E-state index is 12.7. The summed E-state index contributed by atoms with van der Waals surface area (Å²) in [7, 11) is 0. The molecule has 9 heteroatoms. The predicted octanol–water partition coefficient (Wildman–Crippen LogP) is 2.58. The van der Waals surface area contributed by atoms with Gasteiger partial charge >= 0.3 is 0 Å². The summed E-state index contributed by atoms with van der Waals surface area (Å²) in [5.74, 6) is -0.336. The van der Waals surface area contributed by atoms with E-state index >= 15 is 0 Å². The number of hydrogen-bond acceptors (Lipinski definition) is 5. The minimum atomic E-state index is -0.440. The van der Waals surface area contributed by atoms with E-state index in [2.05, 4.69) is 20.6 Å². The zero-order valence-corrected chi connectivity index (χ0v) is 15.6. The van der Waals surface area contributed by atoms with Crippen molar-refractivity contribution in [3.8, 4) is 5.69 Å². The van der Waals surface area contributed by atoms with Crippen LogP contribution in [-0.2, 0) is 11.3 Å². The average molecular weight is 395 g/mol. The Morgan fingerprint density at radius 1 is 1.11 bits per heavy atom. The molecule has 0 spiro atoms. The molecule has 4 aromatic rings. The Bertz CT molecular complexity index is 1210. The summed E-state index contributed by atoms with van der Waals surface area (Å²) in [5, 5.41) is 11.3. The molecule has 0 saturated carbocycles. The Morgan fingerprint density at radius 2 is 1.82 bits per heavy atom. The SMILES string of the molecule is Cc1ccc(NC(=O)Cn2cnc3c(nnn3-c3ccc(Cl)cc3)c2=O)cc1. The van der Waals surface area contributed by atoms with Gasteiger partial charge in [-0.1, -0.05) is 34.5 Å². The summed E-state index contributed by atoms with van der Waals surface area (Å²) in [6.45, 7) is 1.78. The average Bonchev–Trinajstić information content (AvgIpc) is 3.11. The molecule has 0 radical (unpaired) electrons. The number of halogens is 1. The molecule has 0 saturated heterocycles. The quantitative estimate of drug-likeness (QED) is 0.574. The van der Waals surface area contributed by atoms with Crippen molar-refractivity contribution in [2.45, 2.75) is 13.5 Å². The van der Waals surface area contributed by atoms with Crippen LogP contribution in [0.25, 0.3) is 16.9 Å². The summed E-state index contributed by atoms with van der Waals surface area (Å²) < 4.78 is 2.65. The smallest absolute Gasteiger partial charge is 0.284 e. The summed E-state index contributed by atoms with van der Waals surface area (Å²) in [4.78, 5) is 29.2. The number of nitrogens with one attached hydrogen (secondary N) is 1. The molecule has 2 aromatic carbocycles. The van der Waals surface area contributed by atoms with Crippen LogP contribution in [0.2, 0.25) is 5.02 Å². The van der Waals surface area contributed by atoms with Gasteiger partial charge in [0, 0.05) is 10.7 Å². The molecule has 0 aliphatic heterocycles. The van der Waals surface area contributed by atoms with Gasteiger partial charge in [-0.3, -0.25) is 14.2 Å². The highest BCUT2D eigenvalue weighted by atomic mass is 35.5. The monoisotopic (exact) mass is 394 g/mol. The molecule has 0 aliphatic rings. The fraction of sp³-hybridized carbons (Fsp3) is 0.105. The van der Waals surface area contributed by atoms with Gasteiger partial charge in [0.25, 0.3) is 5.56 Å². The maximum absolute atomic E-state index is 12.7. The maximum Gasteiger partial charge on any atom is 0.284 e. The molecule has 28 heavy (non-hydrogen) atoms. The molecule has 4 rings (SSSR count). The molecule has 0 aliphatic carbocycles. The van der Waals surface area contributed by atoms with Gasteiger partial charge in [-0.15, -0.1) is 5.10 Å². The Labute approximate surface area is 164 Å². The zero-order chi connectivity index (χ0) is 19.7. The third-order valence-corrected chi connectivity index (χ3v) is 4.40. The molecule has 0 atom stereocenters. The van der Waals surface area contributed by atoms with Crippen LogP contribution in [0.5, 0.6) is 0 Å². The number of nitrogens with zero attached hydrogens (tertiary/aromatic N) is 5. The second-order valence-corrected chi connectivity index (χ2v) is 6.68. The second kappa shape index (κ2) is 7.24. The van der Waals surface area contributed by atoms with Gasteiger partial charge in [-0.05, 0) is 43.3 Å². The van der Waals surface area contributed by atoms with E-state index in [0.29, 0.717) is 22.0 Å². The van der Waals surface area contributed by atoms with E-state index in [0.717, 1.165) is 5.56 Å². The van der Waals surface area contributed by atoms with Crippen molar-refractivity contribution in [3.05, 3.63) is 75.8 Å². The van der Waals surface area contributed by atoms with Crippen molar-refractivity contribution in [1.82, 2.24) is 24.5 Å². The van der Waals surface area contributed by atoms with Gasteiger partial charge in [0.1, 0.15) is 12.9 Å². The third kappa shape index (κ3) is 3.49. The minimum absolute atomic E-state index is 0.0839. The van der Waals surface area contributed by atoms with Gasteiger partial charge in [-0.25, -0.2) is 4.98 Å². The second-order valence-electron chi connectivity index (χ2n) is 6.24. The topological polar surface area (TPSA) is 94.7 Å². The van der Waals surface area contributed by atoms with Crippen LogP contribution in [-0.4, -0.2) is 30.5 Å². The van der Waals surface area contributed by atoms with Crippen molar-refractivity contribution in [2.75, 3.05) is 5.32 Å². The Morgan fingerprint density at radius 3 is 2.54 bits per heavy atom. The first-order valence-electron chi connectivity index (χ1n) is 8.44. The van der Waals surface area contributed by atoms with Crippen molar-refractivity contribution < 1.29 is 4.79 Å². The number of amides is 1. The van der Waals surface area contributed by atoms with Crippen molar-refractivity contribution in [1.29, 1.82) is 0 Å². The van der Waals surface area contributed by atoms with Gasteiger partial charge in [0.15, 0.2) is 11.2 Å². The number of anilines is 1. The fourth-order valence-corrected chi connectivity index (χ4v) is 2.83. The lowest BCUT2D eigenvalue weighted by Gasteiger charge is -2.07. The molecular weight excluding hydrogens is 380 g/mol. The number of carbonyl (C=O) groups excluding carboxylic acids is 1. The first-order chi connectivity index (χ1) is 13.5. The molecule has 8 nitrogen and oxygen atoms in total. The number of carbonyl (C=O) groups is 1. The highest BCUT2D eigenvalue weighted by Crippen LogP contribution is 2.15. The normalized spacial score (nSPS) is 10.9. The van der Waals surface area contributed by atoms with Crippen LogP contribution in [0, 0.1) is 6.92 Å². The van der Waals surface area contributed by atoms with Crippen molar-refractivity contribution in [3.63, 3.8) is 0 Å². The zero-order valence-electron chi connectivity index (χ0n) is 14.8. The van der Waals surface area contributed by atoms with Crippen LogP contribution in [0.15, 0.2) is 59.7 Å². The molecular formula is C19H15ClN6O2. The van der Waals surface area contributed by atoms with Crippen molar-refractivity contribution in [2.24, 2.45) is 0 Å². The van der Waals surface area contributed by atoms with E-state index in [1.54, 1.807) is 36.4 Å². The number of hydrogen-bond donors (Lipinski definition) is 1. The van der Waals surface area contributed by atoms with Crippen LogP contribution >= 0.6 is 11.6 Å². The first kappa shape index (κ1) is 17.9. The van der Waals surface area contributed by atoms with Crippen LogP contribution in [0.4, 0.5) is 5.69 Å². The number of fused-ring (bicyclic) bond motifs is 1. The fourth-order valence-electron chi connectivity index (χ4n) is 2.70. The van der Waals surface area contributed by atoms with Gasteiger partial charge in [0.2, 0.25) is 5.91 Å². The number of aromatic nitrogens is 5. The summed E-state index contributed by atoms with van der Waals surface area (Å²) in [6, 6.07) is 14.3. The van der Waals surface area contributed by atoms with E-state index in [9.17, 15) is 9.59 Å². The highest BCUT2D eigenvalue weighted by Gasteiger charge is 2.15. The number of benzene rings is 2. The number of rotatable bonds is 4. The highest BCUT2D eigenvalue weighted by molar-refractivity contribution is 6.30. The number of aryl methyl sites for hydroxylation is 1. The van der Waals surface area contributed by atoms with Gasteiger partial charge in [0.05, 0.1) is 5.69 Å². The molecule has 0 fully saturated rings. The third-order valence-electron chi connectivity index (χ3n) is 4.15. The van der Waals surface area contributed by atoms with Crippen LogP contribution in [0.3, 0.4) is 0 Å². The van der Waals surface area contributed by atoms with Crippen molar-refractivity contribution >= 4 is 34.4 Å².